The molecule has 1 aromatic carbocycles. The van der Waals surface area contributed by atoms with E-state index in [1.807, 2.05) is 25.1 Å². The second-order valence-electron chi connectivity index (χ2n) is 10.4. The lowest BCUT2D eigenvalue weighted by atomic mass is 10.0. The van der Waals surface area contributed by atoms with Crippen LogP contribution in [0.15, 0.2) is 18.2 Å². The maximum absolute atomic E-state index is 13.0. The van der Waals surface area contributed by atoms with E-state index in [9.17, 15) is 4.79 Å². The van der Waals surface area contributed by atoms with Gasteiger partial charge in [-0.2, -0.15) is 0 Å². The molecule has 4 nitrogen and oxygen atoms in total. The van der Waals surface area contributed by atoms with Crippen molar-refractivity contribution in [2.24, 2.45) is 0 Å². The average molecular weight is 473 g/mol. The topological polar surface area (TPSA) is 32.8 Å². The molecule has 0 unspecified atom stereocenters. The molecule has 0 amide bonds. The van der Waals surface area contributed by atoms with Gasteiger partial charge >= 0.3 is 0 Å². The zero-order chi connectivity index (χ0) is 24.4. The first-order valence-electron chi connectivity index (χ1n) is 14.3. The molecular formula is C30H52N2O2. The third-order valence-corrected chi connectivity index (χ3v) is 7.15. The number of Topliss-reactive ketones (excluding diaryl/α,β-unsaturated/α-hetero) is 1. The first-order valence-corrected chi connectivity index (χ1v) is 14.3. The molecule has 0 atom stereocenters. The maximum Gasteiger partial charge on any atom is 0.180 e. The molecule has 0 aliphatic carbocycles. The van der Waals surface area contributed by atoms with E-state index in [4.69, 9.17) is 4.74 Å². The Morgan fingerprint density at radius 3 is 1.88 bits per heavy atom. The van der Waals surface area contributed by atoms with E-state index < -0.39 is 0 Å². The number of aryl methyl sites for hydroxylation is 1. The molecule has 1 aromatic rings. The SMILES string of the molecule is CCCCCCCCCCCCCCCCOc1ccc(C)cc1C(=O)CN1CCN(C)CC1. The Bertz CT molecular complexity index is 668. The largest absolute Gasteiger partial charge is 0.493 e. The number of rotatable bonds is 19. The van der Waals surface area contributed by atoms with Crippen molar-refractivity contribution in [3.8, 4) is 5.75 Å². The summed E-state index contributed by atoms with van der Waals surface area (Å²) in [5.74, 6) is 0.948. The quantitative estimate of drug-likeness (QED) is 0.156. The van der Waals surface area contributed by atoms with Gasteiger partial charge in [0.25, 0.3) is 0 Å². The molecule has 0 spiro atoms. The maximum atomic E-state index is 13.0. The van der Waals surface area contributed by atoms with Crippen LogP contribution in [0.1, 0.15) is 113 Å². The Labute approximate surface area is 210 Å². The van der Waals surface area contributed by atoms with Crippen molar-refractivity contribution in [1.82, 2.24) is 9.80 Å². The minimum atomic E-state index is 0.184. The number of carbonyl (C=O) groups is 1. The fourth-order valence-electron chi connectivity index (χ4n) is 4.76. The van der Waals surface area contributed by atoms with Crippen molar-refractivity contribution in [2.45, 2.75) is 104 Å². The summed E-state index contributed by atoms with van der Waals surface area (Å²) in [7, 11) is 2.14. The predicted molar refractivity (Wildman–Crippen MR) is 145 cm³/mol. The van der Waals surface area contributed by atoms with Crippen molar-refractivity contribution in [1.29, 1.82) is 0 Å². The lowest BCUT2D eigenvalue weighted by Gasteiger charge is -2.31. The van der Waals surface area contributed by atoms with Gasteiger partial charge in [-0.3, -0.25) is 9.69 Å². The molecule has 1 aliphatic heterocycles. The molecule has 0 bridgehead atoms. The molecule has 0 radical (unpaired) electrons. The van der Waals surface area contributed by atoms with Crippen LogP contribution >= 0.6 is 0 Å². The summed E-state index contributed by atoms with van der Waals surface area (Å²) >= 11 is 0. The smallest absolute Gasteiger partial charge is 0.180 e. The van der Waals surface area contributed by atoms with Gasteiger partial charge in [0.1, 0.15) is 5.75 Å². The van der Waals surface area contributed by atoms with Crippen LogP contribution in [0.4, 0.5) is 0 Å². The molecule has 2 rings (SSSR count). The summed E-state index contributed by atoms with van der Waals surface area (Å²) in [5.41, 5.74) is 1.87. The van der Waals surface area contributed by atoms with Crippen LogP contribution in [-0.2, 0) is 0 Å². The van der Waals surface area contributed by atoms with E-state index in [1.54, 1.807) is 0 Å². The third-order valence-electron chi connectivity index (χ3n) is 7.15. The summed E-state index contributed by atoms with van der Waals surface area (Å²) < 4.78 is 6.08. The van der Waals surface area contributed by atoms with E-state index in [0.717, 1.165) is 49.5 Å². The van der Waals surface area contributed by atoms with Crippen LogP contribution in [-0.4, -0.2) is 62.0 Å². The molecule has 194 valence electrons. The fraction of sp³-hybridized carbons (Fsp3) is 0.767. The van der Waals surface area contributed by atoms with Gasteiger partial charge in [0.05, 0.1) is 18.7 Å². The first kappa shape index (κ1) is 28.8. The number of hydrogen-bond acceptors (Lipinski definition) is 4. The van der Waals surface area contributed by atoms with Crippen molar-refractivity contribution in [3.05, 3.63) is 29.3 Å². The normalized spacial score (nSPS) is 15.0. The van der Waals surface area contributed by atoms with Gasteiger partial charge in [0, 0.05) is 26.2 Å². The van der Waals surface area contributed by atoms with Crippen LogP contribution in [0.5, 0.6) is 5.75 Å². The van der Waals surface area contributed by atoms with Gasteiger partial charge in [-0.25, -0.2) is 0 Å². The van der Waals surface area contributed by atoms with Crippen molar-refractivity contribution in [2.75, 3.05) is 46.4 Å². The number of carbonyl (C=O) groups excluding carboxylic acids is 1. The Morgan fingerprint density at radius 1 is 0.794 bits per heavy atom. The molecule has 34 heavy (non-hydrogen) atoms. The number of unbranched alkanes of at least 4 members (excludes halogenated alkanes) is 13. The predicted octanol–water partition coefficient (Wildman–Crippen LogP) is 7.29. The lowest BCUT2D eigenvalue weighted by Crippen LogP contribution is -2.46. The number of ketones is 1. The van der Waals surface area contributed by atoms with Crippen LogP contribution in [0.3, 0.4) is 0 Å². The Morgan fingerprint density at radius 2 is 1.32 bits per heavy atom. The van der Waals surface area contributed by atoms with Crippen LogP contribution < -0.4 is 4.74 Å². The van der Waals surface area contributed by atoms with Gasteiger partial charge in [-0.05, 0) is 32.5 Å². The molecular weight excluding hydrogens is 420 g/mol. The molecule has 1 saturated heterocycles. The third kappa shape index (κ3) is 12.4. The Kier molecular flexibility index (Phi) is 15.2. The van der Waals surface area contributed by atoms with Crippen LogP contribution in [0, 0.1) is 6.92 Å². The van der Waals surface area contributed by atoms with Crippen LogP contribution in [0.25, 0.3) is 0 Å². The second-order valence-corrected chi connectivity index (χ2v) is 10.4. The lowest BCUT2D eigenvalue weighted by molar-refractivity contribution is 0.0872. The highest BCUT2D eigenvalue weighted by molar-refractivity contribution is 6.00. The van der Waals surface area contributed by atoms with Crippen molar-refractivity contribution in [3.63, 3.8) is 0 Å². The molecule has 1 aliphatic rings. The van der Waals surface area contributed by atoms with Crippen molar-refractivity contribution >= 4 is 5.78 Å². The Balaban J connectivity index is 1.54. The monoisotopic (exact) mass is 472 g/mol. The average Bonchev–Trinajstić information content (AvgIpc) is 2.83. The number of piperazine rings is 1. The number of likely N-dealkylation sites (N-methyl/N-ethyl adjacent to an activating group) is 1. The number of hydrogen-bond donors (Lipinski definition) is 0. The van der Waals surface area contributed by atoms with E-state index >= 15 is 0 Å². The van der Waals surface area contributed by atoms with Crippen molar-refractivity contribution < 1.29 is 9.53 Å². The van der Waals surface area contributed by atoms with Gasteiger partial charge in [-0.15, -0.1) is 0 Å². The summed E-state index contributed by atoms with van der Waals surface area (Å²) in [6, 6.07) is 6.03. The van der Waals surface area contributed by atoms with Gasteiger partial charge < -0.3 is 9.64 Å². The molecule has 0 N–H and O–H groups in total. The fourth-order valence-corrected chi connectivity index (χ4v) is 4.76. The molecule has 1 fully saturated rings. The highest BCUT2D eigenvalue weighted by Crippen LogP contribution is 2.22. The number of nitrogens with zero attached hydrogens (tertiary/aromatic N) is 2. The number of ether oxygens (including phenoxy) is 1. The summed E-state index contributed by atoms with van der Waals surface area (Å²) in [4.78, 5) is 17.6. The Hall–Kier alpha value is -1.39. The van der Waals surface area contributed by atoms with E-state index in [0.29, 0.717) is 13.2 Å². The zero-order valence-electron chi connectivity index (χ0n) is 22.6. The molecule has 4 heteroatoms. The van der Waals surface area contributed by atoms with Crippen LogP contribution in [0.2, 0.25) is 0 Å². The van der Waals surface area contributed by atoms with E-state index in [-0.39, 0.29) is 5.78 Å². The number of benzene rings is 1. The molecule has 0 saturated carbocycles. The molecule has 0 aromatic heterocycles. The van der Waals surface area contributed by atoms with Gasteiger partial charge in [-0.1, -0.05) is 102 Å². The molecule has 1 heterocycles. The summed E-state index contributed by atoms with van der Waals surface area (Å²) in [6.07, 6.45) is 19.0. The van der Waals surface area contributed by atoms with E-state index in [2.05, 4.69) is 23.8 Å². The van der Waals surface area contributed by atoms with Gasteiger partial charge in [0.15, 0.2) is 5.78 Å². The summed E-state index contributed by atoms with van der Waals surface area (Å²) in [6.45, 7) is 9.51. The van der Waals surface area contributed by atoms with E-state index in [1.165, 1.54) is 83.5 Å². The second kappa shape index (κ2) is 18.0. The summed E-state index contributed by atoms with van der Waals surface area (Å²) in [5, 5.41) is 0. The first-order chi connectivity index (χ1) is 16.6. The minimum absolute atomic E-state index is 0.184. The highest BCUT2D eigenvalue weighted by Gasteiger charge is 2.20. The van der Waals surface area contributed by atoms with Gasteiger partial charge in [0.2, 0.25) is 0 Å². The highest BCUT2D eigenvalue weighted by atomic mass is 16.5. The standard InChI is InChI=1S/C30H52N2O2/c1-4-5-6-7-8-9-10-11-12-13-14-15-16-17-24-34-30-19-18-27(2)25-28(30)29(33)26-32-22-20-31(3)21-23-32/h18-19,25H,4-17,20-24,26H2,1-3H3. The minimum Gasteiger partial charge on any atom is -0.493 e. The zero-order valence-corrected chi connectivity index (χ0v) is 22.6.